The average Bonchev–Trinajstić information content (AvgIpc) is 3.38. The second kappa shape index (κ2) is 7.47. The summed E-state index contributed by atoms with van der Waals surface area (Å²) in [5, 5.41) is 16.5. The van der Waals surface area contributed by atoms with Crippen LogP contribution in [0.2, 0.25) is 0 Å². The number of nitrogens with zero attached hydrogens (tertiary/aromatic N) is 5. The van der Waals surface area contributed by atoms with Crippen molar-refractivity contribution in [2.75, 3.05) is 6.61 Å². The molecule has 0 bridgehead atoms. The number of thiophene rings is 1. The van der Waals surface area contributed by atoms with E-state index in [2.05, 4.69) is 10.1 Å². The zero-order valence-corrected chi connectivity index (χ0v) is 16.5. The molecule has 0 aliphatic rings. The molecule has 9 nitrogen and oxygen atoms in total. The van der Waals surface area contributed by atoms with Gasteiger partial charge in [0.05, 0.1) is 11.4 Å². The molecule has 148 valence electrons. The van der Waals surface area contributed by atoms with Gasteiger partial charge in [-0.3, -0.25) is 0 Å². The Morgan fingerprint density at radius 2 is 2.03 bits per heavy atom. The molecule has 0 atom stereocenters. The molecule has 0 amide bonds. The number of para-hydroxylation sites is 1. The molecule has 0 N–H and O–H groups in total. The van der Waals surface area contributed by atoms with Gasteiger partial charge < -0.3 is 14.9 Å². The second-order valence-electron chi connectivity index (χ2n) is 6.37. The van der Waals surface area contributed by atoms with E-state index in [1.807, 2.05) is 41.9 Å². The standard InChI is InChI=1S/C19H17N5O4S/c1-12-15-10-16(29-18(15)23(21-12)14-6-4-3-5-7-14)19(25)28-9-8-22-13(2)20-11-17(22)24(26)27/h3-7,10-11H,8-9H2,1-2H3. The number of rotatable bonds is 6. The zero-order valence-electron chi connectivity index (χ0n) is 15.7. The van der Waals surface area contributed by atoms with Crippen LogP contribution in [0.15, 0.2) is 42.6 Å². The summed E-state index contributed by atoms with van der Waals surface area (Å²) in [6.07, 6.45) is 1.20. The smallest absolute Gasteiger partial charge is 0.348 e. The third-order valence-corrected chi connectivity index (χ3v) is 5.61. The number of imidazole rings is 1. The highest BCUT2D eigenvalue weighted by atomic mass is 32.1. The molecular weight excluding hydrogens is 394 g/mol. The first-order valence-corrected chi connectivity index (χ1v) is 9.65. The molecule has 1 aromatic carbocycles. The first-order chi connectivity index (χ1) is 14.0. The molecule has 0 unspecified atom stereocenters. The highest BCUT2D eigenvalue weighted by Gasteiger charge is 2.20. The van der Waals surface area contributed by atoms with Crippen molar-refractivity contribution in [2.24, 2.45) is 0 Å². The highest BCUT2D eigenvalue weighted by molar-refractivity contribution is 7.20. The Hall–Kier alpha value is -3.53. The normalized spacial score (nSPS) is 11.1. The Morgan fingerprint density at radius 3 is 2.76 bits per heavy atom. The van der Waals surface area contributed by atoms with Gasteiger partial charge in [0.15, 0.2) is 5.82 Å². The summed E-state index contributed by atoms with van der Waals surface area (Å²) in [6, 6.07) is 11.5. The number of aryl methyl sites for hydroxylation is 2. The van der Waals surface area contributed by atoms with E-state index in [4.69, 9.17) is 4.74 Å². The van der Waals surface area contributed by atoms with E-state index in [0.29, 0.717) is 10.7 Å². The summed E-state index contributed by atoms with van der Waals surface area (Å²) in [7, 11) is 0. The second-order valence-corrected chi connectivity index (χ2v) is 7.40. The van der Waals surface area contributed by atoms with E-state index < -0.39 is 10.9 Å². The third kappa shape index (κ3) is 3.49. The van der Waals surface area contributed by atoms with Gasteiger partial charge in [0.1, 0.15) is 29.1 Å². The molecule has 0 saturated carbocycles. The van der Waals surface area contributed by atoms with Crippen LogP contribution in [0.1, 0.15) is 21.2 Å². The van der Waals surface area contributed by atoms with E-state index in [1.54, 1.807) is 13.0 Å². The Kier molecular flexibility index (Phi) is 4.85. The number of hydrogen-bond acceptors (Lipinski definition) is 7. The van der Waals surface area contributed by atoms with Gasteiger partial charge in [-0.15, -0.1) is 11.3 Å². The van der Waals surface area contributed by atoms with Crippen LogP contribution in [0.5, 0.6) is 0 Å². The lowest BCUT2D eigenvalue weighted by molar-refractivity contribution is -0.392. The van der Waals surface area contributed by atoms with Crippen molar-refractivity contribution < 1.29 is 14.5 Å². The van der Waals surface area contributed by atoms with Crippen LogP contribution < -0.4 is 0 Å². The van der Waals surface area contributed by atoms with E-state index in [9.17, 15) is 14.9 Å². The quantitative estimate of drug-likeness (QED) is 0.272. The molecule has 29 heavy (non-hydrogen) atoms. The number of fused-ring (bicyclic) bond motifs is 1. The molecule has 3 heterocycles. The van der Waals surface area contributed by atoms with E-state index in [1.165, 1.54) is 22.1 Å². The summed E-state index contributed by atoms with van der Waals surface area (Å²) >= 11 is 1.31. The van der Waals surface area contributed by atoms with Gasteiger partial charge in [-0.2, -0.15) is 5.10 Å². The summed E-state index contributed by atoms with van der Waals surface area (Å²) in [4.78, 5) is 28.3. The van der Waals surface area contributed by atoms with Crippen molar-refractivity contribution >= 4 is 33.3 Å². The summed E-state index contributed by atoms with van der Waals surface area (Å²) < 4.78 is 8.57. The molecule has 0 spiro atoms. The molecular formula is C19H17N5O4S. The Morgan fingerprint density at radius 1 is 1.28 bits per heavy atom. The predicted molar refractivity (Wildman–Crippen MR) is 108 cm³/mol. The van der Waals surface area contributed by atoms with Gasteiger partial charge in [-0.05, 0) is 30.0 Å². The molecule has 0 fully saturated rings. The maximum Gasteiger partial charge on any atom is 0.348 e. The molecule has 4 rings (SSSR count). The fourth-order valence-corrected chi connectivity index (χ4v) is 4.15. The van der Waals surface area contributed by atoms with Gasteiger partial charge in [0.2, 0.25) is 0 Å². The van der Waals surface area contributed by atoms with Crippen LogP contribution in [0.3, 0.4) is 0 Å². The van der Waals surface area contributed by atoms with E-state index in [-0.39, 0.29) is 19.0 Å². The third-order valence-electron chi connectivity index (χ3n) is 4.52. The van der Waals surface area contributed by atoms with Crippen molar-refractivity contribution in [1.29, 1.82) is 0 Å². The van der Waals surface area contributed by atoms with Crippen molar-refractivity contribution in [1.82, 2.24) is 19.3 Å². The lowest BCUT2D eigenvalue weighted by atomic mass is 10.3. The summed E-state index contributed by atoms with van der Waals surface area (Å²) in [6.45, 7) is 3.73. The molecule has 0 radical (unpaired) electrons. The van der Waals surface area contributed by atoms with Crippen LogP contribution in [0.25, 0.3) is 15.9 Å². The van der Waals surface area contributed by atoms with Crippen LogP contribution in [-0.2, 0) is 11.3 Å². The van der Waals surface area contributed by atoms with Gasteiger partial charge in [-0.25, -0.2) is 19.0 Å². The number of carbonyl (C=O) groups excluding carboxylic acids is 1. The summed E-state index contributed by atoms with van der Waals surface area (Å²) in [5.41, 5.74) is 1.74. The number of nitro groups is 1. The van der Waals surface area contributed by atoms with Crippen molar-refractivity contribution in [2.45, 2.75) is 20.4 Å². The maximum atomic E-state index is 12.5. The van der Waals surface area contributed by atoms with Crippen LogP contribution in [0.4, 0.5) is 5.82 Å². The Balaban J connectivity index is 1.51. The minimum absolute atomic E-state index is 0.00884. The molecule has 10 heteroatoms. The lowest BCUT2D eigenvalue weighted by Gasteiger charge is -2.04. The number of benzene rings is 1. The number of aromatic nitrogens is 4. The fourth-order valence-electron chi connectivity index (χ4n) is 3.07. The largest absolute Gasteiger partial charge is 0.457 e. The SMILES string of the molecule is Cc1nn(-c2ccccc2)c2sc(C(=O)OCCn3c([N+](=O)[O-])cnc3C)cc12. The monoisotopic (exact) mass is 411 g/mol. The Bertz CT molecular complexity index is 1210. The van der Waals surface area contributed by atoms with Crippen LogP contribution in [0, 0.1) is 24.0 Å². The highest BCUT2D eigenvalue weighted by Crippen LogP contribution is 2.30. The predicted octanol–water partition coefficient (Wildman–Crippen LogP) is 3.67. The number of esters is 1. The molecule has 0 aliphatic carbocycles. The topological polar surface area (TPSA) is 105 Å². The van der Waals surface area contributed by atoms with E-state index in [0.717, 1.165) is 21.6 Å². The molecule has 0 saturated heterocycles. The van der Waals surface area contributed by atoms with Gasteiger partial charge >= 0.3 is 11.8 Å². The van der Waals surface area contributed by atoms with Crippen LogP contribution >= 0.6 is 11.3 Å². The van der Waals surface area contributed by atoms with Crippen LogP contribution in [-0.4, -0.2) is 36.8 Å². The van der Waals surface area contributed by atoms with Gasteiger partial charge in [0, 0.05) is 12.3 Å². The first-order valence-electron chi connectivity index (χ1n) is 8.84. The minimum Gasteiger partial charge on any atom is -0.457 e. The number of hydrogen-bond donors (Lipinski definition) is 0. The van der Waals surface area contributed by atoms with E-state index >= 15 is 0 Å². The summed E-state index contributed by atoms with van der Waals surface area (Å²) in [5.74, 6) is -0.0993. The van der Waals surface area contributed by atoms with Gasteiger partial charge in [0.25, 0.3) is 0 Å². The van der Waals surface area contributed by atoms with Crippen molar-refractivity contribution in [3.05, 3.63) is 69.1 Å². The maximum absolute atomic E-state index is 12.5. The Labute approximate surface area is 169 Å². The minimum atomic E-state index is -0.508. The fraction of sp³-hybridized carbons (Fsp3) is 0.211. The van der Waals surface area contributed by atoms with Gasteiger partial charge in [-0.1, -0.05) is 18.2 Å². The average molecular weight is 411 g/mol. The lowest BCUT2D eigenvalue weighted by Crippen LogP contribution is -2.13. The zero-order chi connectivity index (χ0) is 20.5. The number of ether oxygens (including phenoxy) is 1. The first kappa shape index (κ1) is 18.8. The molecule has 0 aliphatic heterocycles. The number of carbonyl (C=O) groups is 1. The molecule has 4 aromatic rings. The van der Waals surface area contributed by atoms with Crippen molar-refractivity contribution in [3.63, 3.8) is 0 Å². The van der Waals surface area contributed by atoms with Crippen molar-refractivity contribution in [3.8, 4) is 5.69 Å². The molecule has 3 aromatic heterocycles.